The van der Waals surface area contributed by atoms with E-state index < -0.39 is 0 Å². The van der Waals surface area contributed by atoms with Crippen LogP contribution in [-0.4, -0.2) is 28.7 Å². The fourth-order valence-electron chi connectivity index (χ4n) is 1.98. The molecule has 2 aromatic rings. The summed E-state index contributed by atoms with van der Waals surface area (Å²) in [6.45, 7) is 4.15. The van der Waals surface area contributed by atoms with Gasteiger partial charge in [0.05, 0.1) is 0 Å². The molecular formula is C15H16N4O3. The molecule has 0 radical (unpaired) electrons. The molecule has 3 rings (SSSR count). The molecule has 22 heavy (non-hydrogen) atoms. The van der Waals surface area contributed by atoms with E-state index in [1.807, 2.05) is 13.8 Å². The molecule has 0 saturated heterocycles. The first-order valence-electron chi connectivity index (χ1n) is 6.92. The Morgan fingerprint density at radius 3 is 2.86 bits per heavy atom. The van der Waals surface area contributed by atoms with Crippen LogP contribution in [0, 0.1) is 0 Å². The highest BCUT2D eigenvalue weighted by Crippen LogP contribution is 2.34. The van der Waals surface area contributed by atoms with Crippen LogP contribution >= 0.6 is 0 Å². The minimum Gasteiger partial charge on any atom is -0.454 e. The van der Waals surface area contributed by atoms with E-state index in [2.05, 4.69) is 20.6 Å². The van der Waals surface area contributed by atoms with E-state index in [-0.39, 0.29) is 24.4 Å². The summed E-state index contributed by atoms with van der Waals surface area (Å²) in [6.07, 6.45) is 1.55. The highest BCUT2D eigenvalue weighted by atomic mass is 16.7. The van der Waals surface area contributed by atoms with Crippen LogP contribution < -0.4 is 20.1 Å². The number of rotatable bonds is 4. The van der Waals surface area contributed by atoms with Gasteiger partial charge < -0.3 is 20.1 Å². The molecule has 0 aliphatic carbocycles. The van der Waals surface area contributed by atoms with Crippen LogP contribution in [-0.2, 0) is 0 Å². The Morgan fingerprint density at radius 1 is 1.23 bits per heavy atom. The van der Waals surface area contributed by atoms with Gasteiger partial charge >= 0.3 is 0 Å². The number of aromatic nitrogens is 2. The number of carbonyl (C=O) groups is 1. The molecular weight excluding hydrogens is 284 g/mol. The van der Waals surface area contributed by atoms with Crippen LogP contribution in [0.15, 0.2) is 30.5 Å². The number of carbonyl (C=O) groups excluding carboxylic acids is 1. The highest BCUT2D eigenvalue weighted by Gasteiger charge is 2.15. The van der Waals surface area contributed by atoms with Gasteiger partial charge in [-0.1, -0.05) is 0 Å². The van der Waals surface area contributed by atoms with Gasteiger partial charge in [-0.05, 0) is 32.0 Å². The zero-order valence-corrected chi connectivity index (χ0v) is 12.3. The average Bonchev–Trinajstić information content (AvgIpc) is 2.94. The number of nitrogens with one attached hydrogen (secondary N) is 2. The third kappa shape index (κ3) is 3.08. The van der Waals surface area contributed by atoms with E-state index in [4.69, 9.17) is 9.47 Å². The third-order valence-corrected chi connectivity index (χ3v) is 2.94. The number of fused-ring (bicyclic) bond motifs is 1. The molecule has 1 aliphatic heterocycles. The van der Waals surface area contributed by atoms with E-state index in [1.54, 1.807) is 30.5 Å². The van der Waals surface area contributed by atoms with Gasteiger partial charge in [-0.25, -0.2) is 9.97 Å². The fraction of sp³-hybridized carbons (Fsp3) is 0.267. The van der Waals surface area contributed by atoms with Gasteiger partial charge in [0.1, 0.15) is 5.69 Å². The summed E-state index contributed by atoms with van der Waals surface area (Å²) in [4.78, 5) is 20.5. The van der Waals surface area contributed by atoms with Crippen molar-refractivity contribution in [2.75, 3.05) is 17.4 Å². The average molecular weight is 300 g/mol. The van der Waals surface area contributed by atoms with E-state index in [0.717, 1.165) is 0 Å². The van der Waals surface area contributed by atoms with Crippen molar-refractivity contribution < 1.29 is 14.3 Å². The first kappa shape index (κ1) is 14.1. The molecule has 0 saturated carbocycles. The molecule has 1 aromatic carbocycles. The Hall–Kier alpha value is -2.83. The number of benzene rings is 1. The molecule has 1 aliphatic rings. The zero-order chi connectivity index (χ0) is 15.5. The second kappa shape index (κ2) is 5.88. The van der Waals surface area contributed by atoms with Crippen LogP contribution in [0.2, 0.25) is 0 Å². The van der Waals surface area contributed by atoms with Gasteiger partial charge in [0.2, 0.25) is 12.7 Å². The van der Waals surface area contributed by atoms with Crippen molar-refractivity contribution in [3.63, 3.8) is 0 Å². The standard InChI is InChI=1S/C15H16N4O3/c1-9(2)17-15-16-6-5-11(19-15)14(20)18-10-3-4-12-13(7-10)22-8-21-12/h3-7,9H,8H2,1-2H3,(H,18,20)(H,16,17,19). The Kier molecular flexibility index (Phi) is 3.78. The summed E-state index contributed by atoms with van der Waals surface area (Å²) in [5, 5.41) is 5.84. The lowest BCUT2D eigenvalue weighted by molar-refractivity contribution is 0.102. The molecule has 0 atom stereocenters. The molecule has 1 aromatic heterocycles. The third-order valence-electron chi connectivity index (χ3n) is 2.94. The molecule has 2 heterocycles. The number of amides is 1. The Balaban J connectivity index is 1.74. The van der Waals surface area contributed by atoms with Crippen LogP contribution in [0.1, 0.15) is 24.3 Å². The lowest BCUT2D eigenvalue weighted by Gasteiger charge is -2.09. The maximum atomic E-state index is 12.3. The topological polar surface area (TPSA) is 85.4 Å². The van der Waals surface area contributed by atoms with E-state index in [9.17, 15) is 4.79 Å². The molecule has 7 nitrogen and oxygen atoms in total. The van der Waals surface area contributed by atoms with Gasteiger partial charge in [0.15, 0.2) is 11.5 Å². The summed E-state index contributed by atoms with van der Waals surface area (Å²) in [5.74, 6) is 1.40. The van der Waals surface area contributed by atoms with Crippen molar-refractivity contribution in [1.29, 1.82) is 0 Å². The van der Waals surface area contributed by atoms with Gasteiger partial charge in [-0.15, -0.1) is 0 Å². The Labute approximate surface area is 127 Å². The van der Waals surface area contributed by atoms with Gasteiger partial charge in [0, 0.05) is 24.0 Å². The van der Waals surface area contributed by atoms with E-state index in [0.29, 0.717) is 23.1 Å². The van der Waals surface area contributed by atoms with Crippen LogP contribution in [0.5, 0.6) is 11.5 Å². The number of ether oxygens (including phenoxy) is 2. The van der Waals surface area contributed by atoms with Gasteiger partial charge in [0.25, 0.3) is 5.91 Å². The van der Waals surface area contributed by atoms with Crippen LogP contribution in [0.4, 0.5) is 11.6 Å². The number of anilines is 2. The normalized spacial score (nSPS) is 12.3. The maximum absolute atomic E-state index is 12.3. The largest absolute Gasteiger partial charge is 0.454 e. The van der Waals surface area contributed by atoms with Gasteiger partial charge in [-0.2, -0.15) is 0 Å². The Morgan fingerprint density at radius 2 is 2.05 bits per heavy atom. The highest BCUT2D eigenvalue weighted by molar-refractivity contribution is 6.03. The SMILES string of the molecule is CC(C)Nc1nccc(C(=O)Nc2ccc3c(c2)OCO3)n1. The van der Waals surface area contributed by atoms with Crippen molar-refractivity contribution in [1.82, 2.24) is 9.97 Å². The molecule has 0 spiro atoms. The fourth-order valence-corrected chi connectivity index (χ4v) is 1.98. The van der Waals surface area contributed by atoms with Crippen LogP contribution in [0.3, 0.4) is 0 Å². The Bertz CT molecular complexity index is 703. The summed E-state index contributed by atoms with van der Waals surface area (Å²) >= 11 is 0. The van der Waals surface area contributed by atoms with Crippen molar-refractivity contribution in [2.24, 2.45) is 0 Å². The summed E-state index contributed by atoms with van der Waals surface area (Å²) in [5.41, 5.74) is 0.905. The number of nitrogens with zero attached hydrogens (tertiary/aromatic N) is 2. The molecule has 0 fully saturated rings. The summed E-state index contributed by atoms with van der Waals surface area (Å²) in [6, 6.07) is 6.97. The molecule has 114 valence electrons. The van der Waals surface area contributed by atoms with Gasteiger partial charge in [-0.3, -0.25) is 4.79 Å². The van der Waals surface area contributed by atoms with E-state index >= 15 is 0 Å². The smallest absolute Gasteiger partial charge is 0.274 e. The zero-order valence-electron chi connectivity index (χ0n) is 12.3. The first-order valence-corrected chi connectivity index (χ1v) is 6.92. The molecule has 2 N–H and O–H groups in total. The second-order valence-electron chi connectivity index (χ2n) is 5.09. The number of hydrogen-bond donors (Lipinski definition) is 2. The maximum Gasteiger partial charge on any atom is 0.274 e. The van der Waals surface area contributed by atoms with Crippen molar-refractivity contribution in [2.45, 2.75) is 19.9 Å². The van der Waals surface area contributed by atoms with Crippen LogP contribution in [0.25, 0.3) is 0 Å². The monoisotopic (exact) mass is 300 g/mol. The van der Waals surface area contributed by atoms with Crippen molar-refractivity contribution in [3.05, 3.63) is 36.2 Å². The molecule has 7 heteroatoms. The quantitative estimate of drug-likeness (QED) is 0.901. The predicted octanol–water partition coefficient (Wildman–Crippen LogP) is 2.28. The summed E-state index contributed by atoms with van der Waals surface area (Å²) < 4.78 is 10.5. The number of hydrogen-bond acceptors (Lipinski definition) is 6. The molecule has 0 unspecified atom stereocenters. The second-order valence-corrected chi connectivity index (χ2v) is 5.09. The first-order chi connectivity index (χ1) is 10.6. The van der Waals surface area contributed by atoms with E-state index in [1.165, 1.54) is 0 Å². The summed E-state index contributed by atoms with van der Waals surface area (Å²) in [7, 11) is 0. The lowest BCUT2D eigenvalue weighted by atomic mass is 10.2. The van der Waals surface area contributed by atoms with Crippen molar-refractivity contribution >= 4 is 17.5 Å². The molecule has 1 amide bonds. The van der Waals surface area contributed by atoms with Crippen molar-refractivity contribution in [3.8, 4) is 11.5 Å². The predicted molar refractivity (Wildman–Crippen MR) is 81.3 cm³/mol. The minimum absolute atomic E-state index is 0.187. The lowest BCUT2D eigenvalue weighted by Crippen LogP contribution is -2.17. The molecule has 0 bridgehead atoms. The minimum atomic E-state index is -0.312.